The van der Waals surface area contributed by atoms with Crippen molar-refractivity contribution >= 4 is 63.9 Å². The number of carbonyl (C=O) groups excluding carboxylic acids is 1. The van der Waals surface area contributed by atoms with Crippen LogP contribution < -0.4 is 30.7 Å². The lowest BCUT2D eigenvalue weighted by Crippen LogP contribution is -2.35. The van der Waals surface area contributed by atoms with Crippen molar-refractivity contribution in [3.05, 3.63) is 59.9 Å². The lowest BCUT2D eigenvalue weighted by molar-refractivity contribution is -0.120. The third-order valence-electron chi connectivity index (χ3n) is 8.76. The first-order chi connectivity index (χ1) is 23.2. The molecule has 0 spiro atoms. The van der Waals surface area contributed by atoms with Crippen LogP contribution in [0.4, 0.5) is 11.4 Å². The molecule has 0 radical (unpaired) electrons. The van der Waals surface area contributed by atoms with Crippen LogP contribution in [0.15, 0.2) is 48.5 Å². The topological polar surface area (TPSA) is 109 Å². The van der Waals surface area contributed by atoms with Crippen LogP contribution in [0.1, 0.15) is 92.5 Å². The molecule has 0 aliphatic heterocycles. The number of nitrogens with one attached hydrogen (secondary N) is 4. The molecule has 4 rings (SSSR count). The highest BCUT2D eigenvalue weighted by Crippen LogP contribution is 2.33. The minimum Gasteiger partial charge on any atom is -0.497 e. The Morgan fingerprint density at radius 3 is 1.53 bits per heavy atom. The molecule has 0 bridgehead atoms. The molecule has 0 aliphatic rings. The van der Waals surface area contributed by atoms with Crippen molar-refractivity contribution in [2.45, 2.75) is 104 Å². The van der Waals surface area contributed by atoms with Crippen molar-refractivity contribution in [2.75, 3.05) is 44.5 Å². The molecule has 0 aliphatic carbocycles. The van der Waals surface area contributed by atoms with E-state index in [-0.39, 0.29) is 53.6 Å². The molecule has 2 aromatic carbocycles. The highest BCUT2D eigenvalue weighted by atomic mass is 35.5. The minimum atomic E-state index is -0.0399. The number of halogens is 2. The van der Waals surface area contributed by atoms with Crippen molar-refractivity contribution in [1.29, 1.82) is 0 Å². The molecular weight excluding hydrogens is 683 g/mol. The molecule has 2 aromatic heterocycles. The molecule has 2 unspecified atom stereocenters. The van der Waals surface area contributed by atoms with Crippen LogP contribution in [0.5, 0.6) is 11.5 Å². The molecule has 0 saturated heterocycles. The number of anilines is 2. The van der Waals surface area contributed by atoms with Crippen molar-refractivity contribution in [1.82, 2.24) is 20.6 Å². The number of benzene rings is 2. The monoisotopic (exact) mass is 742 g/mol. The van der Waals surface area contributed by atoms with E-state index in [1.165, 1.54) is 0 Å². The number of carbonyl (C=O) groups is 1. The average Bonchev–Trinajstić information content (AvgIpc) is 3.05. The van der Waals surface area contributed by atoms with Gasteiger partial charge in [-0.3, -0.25) is 14.8 Å². The van der Waals surface area contributed by atoms with E-state index in [0.29, 0.717) is 13.1 Å². The summed E-state index contributed by atoms with van der Waals surface area (Å²) in [4.78, 5) is 22.5. The molecule has 0 saturated carbocycles. The molecule has 51 heavy (non-hydrogen) atoms. The molecule has 2 atom stereocenters. The Balaban J connectivity index is 0.00000451. The smallest absolute Gasteiger partial charge is 0.233 e. The van der Waals surface area contributed by atoms with E-state index in [1.54, 1.807) is 14.2 Å². The predicted molar refractivity (Wildman–Crippen MR) is 219 cm³/mol. The van der Waals surface area contributed by atoms with Gasteiger partial charge in [-0.2, -0.15) is 0 Å². The number of hydrogen-bond acceptors (Lipinski definition) is 8. The van der Waals surface area contributed by atoms with E-state index in [9.17, 15) is 4.79 Å². The summed E-state index contributed by atoms with van der Waals surface area (Å²) in [7, 11) is 3.38. The van der Waals surface area contributed by atoms with Crippen LogP contribution in [0.3, 0.4) is 0 Å². The van der Waals surface area contributed by atoms with Crippen LogP contribution in [0, 0.1) is 0 Å². The summed E-state index contributed by atoms with van der Waals surface area (Å²) >= 11 is 0. The summed E-state index contributed by atoms with van der Waals surface area (Å²) in [5.74, 6) is 1.63. The summed E-state index contributed by atoms with van der Waals surface area (Å²) < 4.78 is 11.1. The summed E-state index contributed by atoms with van der Waals surface area (Å²) in [6.07, 6.45) is 3.67. The second-order valence-electron chi connectivity index (χ2n) is 15.3. The maximum atomic E-state index is 12.5. The van der Waals surface area contributed by atoms with Gasteiger partial charge in [0, 0.05) is 63.8 Å². The van der Waals surface area contributed by atoms with Gasteiger partial charge >= 0.3 is 0 Å². The zero-order chi connectivity index (χ0) is 35.8. The van der Waals surface area contributed by atoms with Gasteiger partial charge in [-0.05, 0) is 70.3 Å². The normalized spacial score (nSPS) is 12.7. The van der Waals surface area contributed by atoms with Gasteiger partial charge in [0.15, 0.2) is 0 Å². The Morgan fingerprint density at radius 1 is 0.686 bits per heavy atom. The molecule has 4 N–H and O–H groups in total. The maximum absolute atomic E-state index is 12.5. The van der Waals surface area contributed by atoms with E-state index < -0.39 is 0 Å². The van der Waals surface area contributed by atoms with E-state index in [2.05, 4.69) is 101 Å². The summed E-state index contributed by atoms with van der Waals surface area (Å²) in [6, 6.07) is 17.0. The number of ether oxygens (including phenoxy) is 2. The van der Waals surface area contributed by atoms with Crippen molar-refractivity contribution in [2.24, 2.45) is 0 Å². The second kappa shape index (κ2) is 19.3. The van der Waals surface area contributed by atoms with Crippen LogP contribution in [0.25, 0.3) is 21.8 Å². The van der Waals surface area contributed by atoms with Gasteiger partial charge in [-0.15, -0.1) is 24.8 Å². The standard InChI is InChI=1S/C40H58N6O3.2ClH/c1-26(43-32-23-30(48-9)21-28-15-17-34(39(3,4)5)45-37(28)32)13-11-19-41-25-36(47)42-20-12-14-27(2)44-33-24-31(49-10)22-29-16-18-35(40(6,7)8)46-38(29)33;;/h15-18,21-24,26-27,41,43-44H,11-14,19-20,25H2,1-10H3,(H,42,47);2*1H. The van der Waals surface area contributed by atoms with Crippen molar-refractivity contribution in [3.8, 4) is 11.5 Å². The molecule has 0 fully saturated rings. The van der Waals surface area contributed by atoms with Gasteiger partial charge in [0.25, 0.3) is 0 Å². The third kappa shape index (κ3) is 12.6. The molecule has 9 nitrogen and oxygen atoms in total. The molecule has 2 heterocycles. The SMILES string of the molecule is COc1cc(NC(C)CCCNCC(=O)NCCCC(C)Nc2cc(OC)cc3ccc(C(C)(C)C)nc23)c2nc(C(C)(C)C)ccc2c1.Cl.Cl. The molecule has 4 aromatic rings. The molecule has 11 heteroatoms. The number of methoxy groups -OCH3 is 2. The zero-order valence-corrected chi connectivity index (χ0v) is 33.8. The number of nitrogens with zero attached hydrogens (tertiary/aromatic N) is 2. The van der Waals surface area contributed by atoms with E-state index in [1.807, 2.05) is 24.3 Å². The largest absolute Gasteiger partial charge is 0.497 e. The van der Waals surface area contributed by atoms with Crippen LogP contribution >= 0.6 is 24.8 Å². The fraction of sp³-hybridized carbons (Fsp3) is 0.525. The highest BCUT2D eigenvalue weighted by molar-refractivity contribution is 5.93. The van der Waals surface area contributed by atoms with Crippen LogP contribution in [-0.2, 0) is 15.6 Å². The van der Waals surface area contributed by atoms with Gasteiger partial charge in [0.1, 0.15) is 11.5 Å². The first-order valence-electron chi connectivity index (χ1n) is 17.7. The Hall–Kier alpha value is -3.53. The lowest BCUT2D eigenvalue weighted by Gasteiger charge is -2.21. The quantitative estimate of drug-likeness (QED) is 0.0844. The first-order valence-corrected chi connectivity index (χ1v) is 17.7. The Kier molecular flexibility index (Phi) is 16.6. The number of amides is 1. The summed E-state index contributed by atoms with van der Waals surface area (Å²) in [5.41, 5.74) is 5.89. The minimum absolute atomic E-state index is 0. The molecular formula is C40H60Cl2N6O3. The third-order valence-corrected chi connectivity index (χ3v) is 8.76. The number of fused-ring (bicyclic) bond motifs is 2. The highest BCUT2D eigenvalue weighted by Gasteiger charge is 2.19. The number of rotatable bonds is 16. The number of pyridine rings is 2. The van der Waals surface area contributed by atoms with Gasteiger partial charge in [0.05, 0.1) is 43.2 Å². The lowest BCUT2D eigenvalue weighted by atomic mass is 9.91. The predicted octanol–water partition coefficient (Wildman–Crippen LogP) is 8.81. The first kappa shape index (κ1) is 43.6. The fourth-order valence-electron chi connectivity index (χ4n) is 5.82. The van der Waals surface area contributed by atoms with E-state index >= 15 is 0 Å². The van der Waals surface area contributed by atoms with Gasteiger partial charge in [0.2, 0.25) is 5.91 Å². The Bertz CT molecular complexity index is 1720. The number of hydrogen-bond donors (Lipinski definition) is 4. The van der Waals surface area contributed by atoms with Crippen LogP contribution in [0.2, 0.25) is 0 Å². The second-order valence-corrected chi connectivity index (χ2v) is 15.3. The molecule has 1 amide bonds. The van der Waals surface area contributed by atoms with Gasteiger partial charge in [-0.1, -0.05) is 53.7 Å². The van der Waals surface area contributed by atoms with Gasteiger partial charge in [-0.25, -0.2) is 0 Å². The Morgan fingerprint density at radius 2 is 1.12 bits per heavy atom. The Labute approximate surface area is 317 Å². The van der Waals surface area contributed by atoms with Crippen LogP contribution in [-0.4, -0.2) is 61.8 Å². The summed E-state index contributed by atoms with van der Waals surface area (Å²) in [6.45, 7) is 19.1. The zero-order valence-electron chi connectivity index (χ0n) is 32.2. The van der Waals surface area contributed by atoms with E-state index in [0.717, 1.165) is 88.3 Å². The van der Waals surface area contributed by atoms with Gasteiger partial charge < -0.3 is 30.7 Å². The fourth-order valence-corrected chi connectivity index (χ4v) is 5.82. The van der Waals surface area contributed by atoms with Crippen molar-refractivity contribution < 1.29 is 14.3 Å². The maximum Gasteiger partial charge on any atom is 0.233 e. The number of aromatic nitrogens is 2. The van der Waals surface area contributed by atoms with Crippen molar-refractivity contribution in [3.63, 3.8) is 0 Å². The summed E-state index contributed by atoms with van der Waals surface area (Å²) in [5, 5.41) is 15.7. The average molecular weight is 744 g/mol. The molecule has 282 valence electrons. The van der Waals surface area contributed by atoms with E-state index in [4.69, 9.17) is 19.4 Å².